The SMILES string of the molecule is COC(=O)CC(C)OC.COC(=O)C[C@@H]1OC[C@@H]2OC[C@@H](O)[C@@H]2O1.COC(=O)C[C@@H]1OC[C@H]2OC[C@H](O)[C@H]2O1.COC(=O)C[C@H]1OC[C@@H]2OC[C@@H](O)[C@@H]2O1.COC(=O)C[C@H]1OC[C@H]2OC[C@H](O)[C@H]2O1.OC[C@@H]1OC[C@@H](O)[C@@H]1O.OC[C@H]1OC[C@H](O)[C@H]1O. The fourth-order valence-electron chi connectivity index (χ4n) is 8.95. The van der Waals surface area contributed by atoms with E-state index in [1.165, 1.54) is 35.5 Å². The number of carbonyl (C=O) groups excluding carboxylic acids is 5. The topological polar surface area (TPSA) is 472 Å². The predicted molar refractivity (Wildman–Crippen MR) is 279 cm³/mol. The lowest BCUT2D eigenvalue weighted by atomic mass is 10.1. The van der Waals surface area contributed by atoms with Crippen molar-refractivity contribution in [3.05, 3.63) is 0 Å². The molecule has 10 aliphatic rings. The molecule has 0 saturated carbocycles. The number of aliphatic hydroxyl groups is 10. The molecule has 23 atom stereocenters. The number of rotatable bonds is 13. The summed E-state index contributed by atoms with van der Waals surface area (Å²) < 4.78 is 100. The minimum atomic E-state index is -0.921. The number of aliphatic hydroxyl groups excluding tert-OH is 10. The van der Waals surface area contributed by atoms with Gasteiger partial charge in [0.25, 0.3) is 0 Å². The summed E-state index contributed by atoms with van der Waals surface area (Å²) in [5.41, 5.74) is 0. The highest BCUT2D eigenvalue weighted by Crippen LogP contribution is 2.29. The number of hydrogen-bond donors (Lipinski definition) is 10. The zero-order valence-corrected chi connectivity index (χ0v) is 49.5. The summed E-state index contributed by atoms with van der Waals surface area (Å²) in [5, 5.41) is 90.4. The van der Waals surface area contributed by atoms with Gasteiger partial charge in [0.05, 0.1) is 153 Å². The Labute approximate surface area is 500 Å². The normalized spacial score (nSPS) is 37.9. The standard InChI is InChI=1S/4C9H14O6.C6H12O3.2C5H10O4/c4*1-12-7(11)2-8-14-4-6-9(15-8)5(10)3-13-6;1-5(8-2)4-6(7)9-3;2*6-1-4-5(8)3(7)2-9-4/h4*5-6,8-10H,2-4H2,1H3;5H,4H2,1-3H3;2*3-8H,1-2H2/t2*5-,6+,8+,9+;2*5-,6+,8-,9+;;2*3-,4+,5+/m1010.10/s1. The molecule has 0 radical (unpaired) electrons. The van der Waals surface area contributed by atoms with E-state index in [0.717, 1.165) is 0 Å². The summed E-state index contributed by atoms with van der Waals surface area (Å²) in [6.07, 6.45) is -11.9. The molecule has 506 valence electrons. The lowest BCUT2D eigenvalue weighted by Crippen LogP contribution is -2.46. The van der Waals surface area contributed by atoms with Crippen molar-refractivity contribution >= 4 is 29.8 Å². The minimum absolute atomic E-state index is 0.0342. The minimum Gasteiger partial charge on any atom is -0.469 e. The molecule has 0 aliphatic carbocycles. The Bertz CT molecular complexity index is 1770. The van der Waals surface area contributed by atoms with Crippen LogP contribution >= 0.6 is 0 Å². The Morgan fingerprint density at radius 1 is 0.356 bits per heavy atom. The summed E-state index contributed by atoms with van der Waals surface area (Å²) in [7, 11) is 8.16. The van der Waals surface area contributed by atoms with Gasteiger partial charge < -0.3 is 146 Å². The van der Waals surface area contributed by atoms with Gasteiger partial charge in [-0.1, -0.05) is 0 Å². The average molecular weight is 1270 g/mol. The molecular weight excluding hydrogens is 1180 g/mol. The van der Waals surface area contributed by atoms with Crippen LogP contribution in [0.1, 0.15) is 39.0 Å². The van der Waals surface area contributed by atoms with Crippen LogP contribution in [0, 0.1) is 0 Å². The molecule has 0 aromatic heterocycles. The Morgan fingerprint density at radius 2 is 0.598 bits per heavy atom. The van der Waals surface area contributed by atoms with Gasteiger partial charge in [-0.2, -0.15) is 0 Å². The second-order valence-electron chi connectivity index (χ2n) is 20.4. The van der Waals surface area contributed by atoms with Crippen LogP contribution in [0.15, 0.2) is 0 Å². The van der Waals surface area contributed by atoms with E-state index in [2.05, 4.69) is 23.7 Å². The zero-order valence-electron chi connectivity index (χ0n) is 49.5. The van der Waals surface area contributed by atoms with E-state index in [-0.39, 0.29) is 115 Å². The highest BCUT2D eigenvalue weighted by atomic mass is 16.8. The molecule has 0 aromatic rings. The molecular formula is C52H88O35. The number of ether oxygens (including phenoxy) is 20. The molecule has 10 rings (SSSR count). The first-order valence-electron chi connectivity index (χ1n) is 27.8. The summed E-state index contributed by atoms with van der Waals surface area (Å²) in [6, 6.07) is 0. The van der Waals surface area contributed by atoms with Gasteiger partial charge in [0.1, 0.15) is 110 Å². The fraction of sp³-hybridized carbons (Fsp3) is 0.904. The van der Waals surface area contributed by atoms with Crippen LogP contribution < -0.4 is 0 Å². The van der Waals surface area contributed by atoms with E-state index in [1.54, 1.807) is 7.11 Å². The van der Waals surface area contributed by atoms with Crippen molar-refractivity contribution in [2.24, 2.45) is 0 Å². The molecule has 10 aliphatic heterocycles. The van der Waals surface area contributed by atoms with Gasteiger partial charge in [-0.25, -0.2) is 0 Å². The van der Waals surface area contributed by atoms with Crippen LogP contribution in [-0.4, -0.2) is 344 Å². The maximum Gasteiger partial charge on any atom is 0.310 e. The van der Waals surface area contributed by atoms with Gasteiger partial charge in [-0.3, -0.25) is 24.0 Å². The first-order chi connectivity index (χ1) is 41.5. The van der Waals surface area contributed by atoms with Crippen molar-refractivity contribution in [1.29, 1.82) is 0 Å². The van der Waals surface area contributed by atoms with Gasteiger partial charge >= 0.3 is 29.8 Å². The third kappa shape index (κ3) is 24.8. The van der Waals surface area contributed by atoms with E-state index in [0.29, 0.717) is 32.8 Å². The van der Waals surface area contributed by atoms with Crippen LogP contribution in [0.4, 0.5) is 0 Å². The van der Waals surface area contributed by atoms with Gasteiger partial charge in [0.15, 0.2) is 25.2 Å². The Balaban J connectivity index is 0.000000220. The number of carbonyl (C=O) groups is 5. The number of methoxy groups -OCH3 is 6. The molecule has 10 fully saturated rings. The summed E-state index contributed by atoms with van der Waals surface area (Å²) in [6.45, 7) is 3.94. The van der Waals surface area contributed by atoms with Crippen LogP contribution in [0.25, 0.3) is 0 Å². The first kappa shape index (κ1) is 75.8. The molecule has 0 amide bonds. The Kier molecular flexibility index (Phi) is 34.5. The molecule has 10 saturated heterocycles. The summed E-state index contributed by atoms with van der Waals surface area (Å²) in [4.78, 5) is 54.4. The van der Waals surface area contributed by atoms with E-state index in [1.807, 2.05) is 6.92 Å². The lowest BCUT2D eigenvalue weighted by molar-refractivity contribution is -0.250. The van der Waals surface area contributed by atoms with Crippen LogP contribution in [-0.2, 0) is 119 Å². The average Bonchev–Trinajstić information content (AvgIpc) is 4.37. The third-order valence-electron chi connectivity index (χ3n) is 14.1. The molecule has 87 heavy (non-hydrogen) atoms. The Morgan fingerprint density at radius 3 is 0.782 bits per heavy atom. The molecule has 1 unspecified atom stereocenters. The van der Waals surface area contributed by atoms with Crippen molar-refractivity contribution in [3.63, 3.8) is 0 Å². The van der Waals surface area contributed by atoms with Crippen molar-refractivity contribution in [2.45, 2.75) is 180 Å². The molecule has 10 heterocycles. The van der Waals surface area contributed by atoms with Gasteiger partial charge in [-0.05, 0) is 6.92 Å². The van der Waals surface area contributed by atoms with Crippen molar-refractivity contribution in [1.82, 2.24) is 0 Å². The molecule has 35 heteroatoms. The summed E-state index contributed by atoms with van der Waals surface area (Å²) in [5.74, 6) is -1.82. The van der Waals surface area contributed by atoms with E-state index in [4.69, 9.17) is 102 Å². The van der Waals surface area contributed by atoms with Gasteiger partial charge in [0.2, 0.25) is 0 Å². The largest absolute Gasteiger partial charge is 0.469 e. The second-order valence-corrected chi connectivity index (χ2v) is 20.4. The van der Waals surface area contributed by atoms with E-state index in [9.17, 15) is 44.4 Å². The monoisotopic (exact) mass is 1270 g/mol. The molecule has 0 aromatic carbocycles. The second kappa shape index (κ2) is 39.6. The fourth-order valence-corrected chi connectivity index (χ4v) is 8.95. The highest BCUT2D eigenvalue weighted by Gasteiger charge is 2.47. The predicted octanol–water partition coefficient (Wildman–Crippen LogP) is -7.01. The van der Waals surface area contributed by atoms with Crippen LogP contribution in [0.2, 0.25) is 0 Å². The molecule has 10 N–H and O–H groups in total. The molecule has 0 spiro atoms. The van der Waals surface area contributed by atoms with Crippen molar-refractivity contribution in [3.8, 4) is 0 Å². The van der Waals surface area contributed by atoms with Crippen molar-refractivity contribution < 1.29 is 170 Å². The van der Waals surface area contributed by atoms with E-state index >= 15 is 0 Å². The molecule has 0 bridgehead atoms. The quantitative estimate of drug-likeness (QED) is 0.0605. The van der Waals surface area contributed by atoms with Crippen molar-refractivity contribution in [2.75, 3.05) is 122 Å². The van der Waals surface area contributed by atoms with Crippen LogP contribution in [0.3, 0.4) is 0 Å². The maximum absolute atomic E-state index is 11.0. The Hall–Kier alpha value is -3.65. The number of hydrogen-bond acceptors (Lipinski definition) is 35. The van der Waals surface area contributed by atoms with Crippen LogP contribution in [0.5, 0.6) is 0 Å². The number of esters is 5. The van der Waals surface area contributed by atoms with Gasteiger partial charge in [-0.15, -0.1) is 0 Å². The smallest absolute Gasteiger partial charge is 0.310 e. The third-order valence-corrected chi connectivity index (χ3v) is 14.1. The molecule has 35 nitrogen and oxygen atoms in total. The highest BCUT2D eigenvalue weighted by molar-refractivity contribution is 5.71. The van der Waals surface area contributed by atoms with Gasteiger partial charge in [0, 0.05) is 7.11 Å². The van der Waals surface area contributed by atoms with E-state index < -0.39 is 134 Å². The first-order valence-corrected chi connectivity index (χ1v) is 27.8. The summed E-state index contributed by atoms with van der Waals surface area (Å²) >= 11 is 0. The lowest BCUT2D eigenvalue weighted by Gasteiger charge is -2.31. The zero-order chi connectivity index (χ0) is 64.3. The maximum atomic E-state index is 11.0. The number of fused-ring (bicyclic) bond motifs is 4.